The molecule has 162 valence electrons. The summed E-state index contributed by atoms with van der Waals surface area (Å²) in [5, 5.41) is 6.98. The number of carbonyl (C=O) groups is 1. The third-order valence-electron chi connectivity index (χ3n) is 5.64. The first-order valence-electron chi connectivity index (χ1n) is 10.3. The summed E-state index contributed by atoms with van der Waals surface area (Å²) in [6.45, 7) is 0. The zero-order valence-corrected chi connectivity index (χ0v) is 18.1. The molecule has 4 rings (SSSR count). The summed E-state index contributed by atoms with van der Waals surface area (Å²) in [6, 6.07) is 11.3. The molecule has 0 bridgehead atoms. The standard InChI is InChI=1S/C22H25N5O3S/c1-26(18-7-3-2-4-8-18)31(29,30)19-12-10-17(11-13-19)22(28)25-20-9-5-14-23-21(20)27-16-6-15-24-27/h5-6,9-16,18H,2-4,7-8H2,1H3,(H,25,28). The van der Waals surface area contributed by atoms with E-state index >= 15 is 0 Å². The van der Waals surface area contributed by atoms with E-state index < -0.39 is 10.0 Å². The molecule has 1 fully saturated rings. The molecule has 8 nitrogen and oxygen atoms in total. The van der Waals surface area contributed by atoms with E-state index in [2.05, 4.69) is 15.4 Å². The van der Waals surface area contributed by atoms with Crippen LogP contribution in [0.1, 0.15) is 42.5 Å². The van der Waals surface area contributed by atoms with Crippen LogP contribution in [0.4, 0.5) is 5.69 Å². The van der Waals surface area contributed by atoms with Crippen LogP contribution < -0.4 is 5.32 Å². The normalized spacial score (nSPS) is 15.2. The van der Waals surface area contributed by atoms with E-state index in [9.17, 15) is 13.2 Å². The Kier molecular flexibility index (Phi) is 6.15. The minimum Gasteiger partial charge on any atom is -0.319 e. The molecule has 1 saturated carbocycles. The highest BCUT2D eigenvalue weighted by Crippen LogP contribution is 2.26. The van der Waals surface area contributed by atoms with Crippen LogP contribution in [0, 0.1) is 0 Å². The van der Waals surface area contributed by atoms with Crippen molar-refractivity contribution >= 4 is 21.6 Å². The monoisotopic (exact) mass is 439 g/mol. The van der Waals surface area contributed by atoms with Crippen molar-refractivity contribution in [2.45, 2.75) is 43.0 Å². The maximum absolute atomic E-state index is 13.0. The quantitative estimate of drug-likeness (QED) is 0.634. The zero-order chi connectivity index (χ0) is 21.8. The molecule has 0 spiro atoms. The molecule has 3 aromatic rings. The minimum atomic E-state index is -3.60. The van der Waals surface area contributed by atoms with Crippen molar-refractivity contribution in [2.24, 2.45) is 0 Å². The molecule has 31 heavy (non-hydrogen) atoms. The molecule has 9 heteroatoms. The molecule has 0 saturated heterocycles. The van der Waals surface area contributed by atoms with Gasteiger partial charge in [-0.15, -0.1) is 0 Å². The second-order valence-electron chi connectivity index (χ2n) is 7.62. The highest BCUT2D eigenvalue weighted by Gasteiger charge is 2.29. The Labute approximate surface area is 182 Å². The van der Waals surface area contributed by atoms with Crippen molar-refractivity contribution in [1.29, 1.82) is 0 Å². The number of benzene rings is 1. The van der Waals surface area contributed by atoms with Gasteiger partial charge in [0.15, 0.2) is 5.82 Å². The Morgan fingerprint density at radius 3 is 2.48 bits per heavy atom. The Balaban J connectivity index is 1.50. The number of amides is 1. The molecule has 2 aromatic heterocycles. The fraction of sp³-hybridized carbons (Fsp3) is 0.318. The zero-order valence-electron chi connectivity index (χ0n) is 17.3. The van der Waals surface area contributed by atoms with E-state index in [1.165, 1.54) is 28.6 Å². The largest absolute Gasteiger partial charge is 0.319 e. The molecule has 0 aliphatic heterocycles. The second kappa shape index (κ2) is 8.99. The van der Waals surface area contributed by atoms with Crippen LogP contribution in [0.3, 0.4) is 0 Å². The van der Waals surface area contributed by atoms with Crippen LogP contribution in [0.2, 0.25) is 0 Å². The predicted molar refractivity (Wildman–Crippen MR) is 118 cm³/mol. The Bertz CT molecular complexity index is 1140. The first kappa shape index (κ1) is 21.2. The van der Waals surface area contributed by atoms with Gasteiger partial charge in [-0.05, 0) is 55.3 Å². The number of anilines is 1. The van der Waals surface area contributed by atoms with Crippen LogP contribution in [0.15, 0.2) is 66.0 Å². The van der Waals surface area contributed by atoms with Crippen molar-refractivity contribution in [2.75, 3.05) is 12.4 Å². The van der Waals surface area contributed by atoms with Gasteiger partial charge in [0, 0.05) is 37.2 Å². The molecular weight excluding hydrogens is 414 g/mol. The number of sulfonamides is 1. The molecule has 1 aliphatic rings. The van der Waals surface area contributed by atoms with Crippen molar-refractivity contribution in [1.82, 2.24) is 19.1 Å². The van der Waals surface area contributed by atoms with E-state index in [0.717, 1.165) is 32.1 Å². The molecule has 0 atom stereocenters. The Hall–Kier alpha value is -3.04. The summed E-state index contributed by atoms with van der Waals surface area (Å²) in [5.41, 5.74) is 0.861. The number of hydrogen-bond donors (Lipinski definition) is 1. The smallest absolute Gasteiger partial charge is 0.255 e. The highest BCUT2D eigenvalue weighted by molar-refractivity contribution is 7.89. The lowest BCUT2D eigenvalue weighted by Crippen LogP contribution is -2.38. The van der Waals surface area contributed by atoms with Gasteiger partial charge < -0.3 is 5.32 Å². The number of pyridine rings is 1. The molecule has 2 heterocycles. The number of nitrogens with one attached hydrogen (secondary N) is 1. The molecule has 1 N–H and O–H groups in total. The van der Waals surface area contributed by atoms with Gasteiger partial charge in [0.05, 0.1) is 10.6 Å². The van der Waals surface area contributed by atoms with E-state index in [1.807, 2.05) is 0 Å². The third-order valence-corrected chi connectivity index (χ3v) is 7.56. The van der Waals surface area contributed by atoms with Crippen LogP contribution in [0.25, 0.3) is 5.82 Å². The van der Waals surface area contributed by atoms with Crippen LogP contribution in [0.5, 0.6) is 0 Å². The van der Waals surface area contributed by atoms with Crippen molar-refractivity contribution in [3.8, 4) is 5.82 Å². The van der Waals surface area contributed by atoms with Gasteiger partial charge in [0.25, 0.3) is 5.91 Å². The predicted octanol–water partition coefficient (Wildman–Crippen LogP) is 3.47. The summed E-state index contributed by atoms with van der Waals surface area (Å²) in [7, 11) is -1.95. The van der Waals surface area contributed by atoms with Crippen LogP contribution in [-0.4, -0.2) is 46.5 Å². The van der Waals surface area contributed by atoms with E-state index in [1.54, 1.807) is 48.5 Å². The summed E-state index contributed by atoms with van der Waals surface area (Å²) in [4.78, 5) is 17.2. The third kappa shape index (κ3) is 4.52. The Morgan fingerprint density at radius 2 is 1.81 bits per heavy atom. The summed E-state index contributed by atoms with van der Waals surface area (Å²) >= 11 is 0. The van der Waals surface area contributed by atoms with Gasteiger partial charge in [0.2, 0.25) is 10.0 Å². The van der Waals surface area contributed by atoms with Crippen molar-refractivity contribution < 1.29 is 13.2 Å². The van der Waals surface area contributed by atoms with Crippen molar-refractivity contribution in [3.63, 3.8) is 0 Å². The number of hydrogen-bond acceptors (Lipinski definition) is 5. The van der Waals surface area contributed by atoms with Crippen molar-refractivity contribution in [3.05, 3.63) is 66.6 Å². The van der Waals surface area contributed by atoms with E-state index in [-0.39, 0.29) is 16.8 Å². The first-order valence-corrected chi connectivity index (χ1v) is 11.8. The van der Waals surface area contributed by atoms with E-state index in [0.29, 0.717) is 17.1 Å². The first-order chi connectivity index (χ1) is 15.0. The van der Waals surface area contributed by atoms with Crippen LogP contribution >= 0.6 is 0 Å². The van der Waals surface area contributed by atoms with Crippen LogP contribution in [-0.2, 0) is 10.0 Å². The lowest BCUT2D eigenvalue weighted by molar-refractivity contribution is 0.102. The van der Waals surface area contributed by atoms with Gasteiger partial charge in [-0.3, -0.25) is 4.79 Å². The average Bonchev–Trinajstić information content (AvgIpc) is 3.34. The van der Waals surface area contributed by atoms with Gasteiger partial charge in [-0.25, -0.2) is 18.1 Å². The maximum Gasteiger partial charge on any atom is 0.255 e. The number of aromatic nitrogens is 3. The van der Waals surface area contributed by atoms with E-state index in [4.69, 9.17) is 0 Å². The second-order valence-corrected chi connectivity index (χ2v) is 9.61. The molecule has 0 radical (unpaired) electrons. The summed E-state index contributed by atoms with van der Waals surface area (Å²) < 4.78 is 29.0. The summed E-state index contributed by atoms with van der Waals surface area (Å²) in [6.07, 6.45) is 10.0. The van der Waals surface area contributed by atoms with Gasteiger partial charge >= 0.3 is 0 Å². The van der Waals surface area contributed by atoms with Gasteiger partial charge in [0.1, 0.15) is 0 Å². The maximum atomic E-state index is 13.0. The fourth-order valence-electron chi connectivity index (χ4n) is 3.85. The molecule has 1 aliphatic carbocycles. The SMILES string of the molecule is CN(C1CCCCC1)S(=O)(=O)c1ccc(C(=O)Nc2cccnc2-n2cccn2)cc1. The average molecular weight is 440 g/mol. The number of rotatable bonds is 6. The van der Waals surface area contributed by atoms with Gasteiger partial charge in [-0.1, -0.05) is 19.3 Å². The molecule has 0 unspecified atom stereocenters. The van der Waals surface area contributed by atoms with Gasteiger partial charge in [-0.2, -0.15) is 9.40 Å². The lowest BCUT2D eigenvalue weighted by Gasteiger charge is -2.30. The minimum absolute atomic E-state index is 0.0352. The summed E-state index contributed by atoms with van der Waals surface area (Å²) in [5.74, 6) is 0.139. The lowest BCUT2D eigenvalue weighted by atomic mass is 9.96. The Morgan fingerprint density at radius 1 is 1.06 bits per heavy atom. The highest BCUT2D eigenvalue weighted by atomic mass is 32.2. The fourth-order valence-corrected chi connectivity index (χ4v) is 5.27. The number of nitrogens with zero attached hydrogens (tertiary/aromatic N) is 4. The molecular formula is C22H25N5O3S. The topological polar surface area (TPSA) is 97.2 Å². The molecule has 1 amide bonds. The molecule has 1 aromatic carbocycles. The number of carbonyl (C=O) groups excluding carboxylic acids is 1.